The molecule has 0 radical (unpaired) electrons. The van der Waals surface area contributed by atoms with Crippen molar-refractivity contribution in [2.75, 3.05) is 13.7 Å². The number of benzene rings is 2. The van der Waals surface area contributed by atoms with Gasteiger partial charge >= 0.3 is 22.0 Å². The molecule has 4 rings (SSSR count). The Morgan fingerprint density at radius 3 is 2.56 bits per heavy atom. The monoisotopic (exact) mass is 502 g/mol. The molecule has 2 atom stereocenters. The van der Waals surface area contributed by atoms with Gasteiger partial charge in [0.1, 0.15) is 11.7 Å². The highest BCUT2D eigenvalue weighted by molar-refractivity contribution is 7.92. The number of primary amides is 1. The highest BCUT2D eigenvalue weighted by Crippen LogP contribution is 2.52. The molecule has 34 heavy (non-hydrogen) atoms. The minimum Gasteiger partial charge on any atom is -0.495 e. The smallest absolute Gasteiger partial charge is 0.442 e. The molecule has 2 aromatic carbocycles. The number of carbonyl (C=O) groups excluding carboxylic acids is 2. The number of halogens is 1. The van der Waals surface area contributed by atoms with Crippen LogP contribution < -0.4 is 19.1 Å². The zero-order chi connectivity index (χ0) is 24.7. The van der Waals surface area contributed by atoms with E-state index in [0.717, 1.165) is 0 Å². The number of imide groups is 1. The summed E-state index contributed by atoms with van der Waals surface area (Å²) in [6, 6.07) is 11.7. The first kappa shape index (κ1) is 23.7. The summed E-state index contributed by atoms with van der Waals surface area (Å²) in [6.45, 7) is 2.00. The third kappa shape index (κ3) is 3.25. The van der Waals surface area contributed by atoms with E-state index in [1.54, 1.807) is 25.1 Å². The van der Waals surface area contributed by atoms with Crippen LogP contribution in [0.5, 0.6) is 11.6 Å². The number of nitrogens with zero attached hydrogens (tertiary/aromatic N) is 2. The molecular formula is C23H21ClN3O6S+. The van der Waals surface area contributed by atoms with Crippen LogP contribution in [0.15, 0.2) is 65.7 Å². The van der Waals surface area contributed by atoms with Gasteiger partial charge in [0.15, 0.2) is 10.6 Å². The van der Waals surface area contributed by atoms with Crippen LogP contribution in [0.4, 0.5) is 10.5 Å². The molecule has 1 aromatic heterocycles. The molecule has 0 bridgehead atoms. The summed E-state index contributed by atoms with van der Waals surface area (Å²) in [4.78, 5) is 31.0. The second kappa shape index (κ2) is 8.71. The zero-order valence-electron chi connectivity index (χ0n) is 18.3. The number of para-hydroxylation sites is 1. The van der Waals surface area contributed by atoms with Gasteiger partial charge < -0.3 is 15.2 Å². The van der Waals surface area contributed by atoms with Gasteiger partial charge in [0.05, 0.1) is 13.7 Å². The molecule has 1 aliphatic rings. The molecule has 0 spiro atoms. The first-order valence-corrected chi connectivity index (χ1v) is 12.0. The summed E-state index contributed by atoms with van der Waals surface area (Å²) in [5, 5.41) is 0.248. The lowest BCUT2D eigenvalue weighted by Crippen LogP contribution is -2.63. The molecule has 176 valence electrons. The summed E-state index contributed by atoms with van der Waals surface area (Å²) in [5.74, 6) is -2.14. The van der Waals surface area contributed by atoms with Crippen molar-refractivity contribution >= 4 is 39.2 Å². The number of nitrogens with two attached hydrogens (primary N) is 1. The van der Waals surface area contributed by atoms with Crippen molar-refractivity contribution in [3.63, 3.8) is 0 Å². The number of amides is 3. The van der Waals surface area contributed by atoms with E-state index in [-0.39, 0.29) is 45.0 Å². The maximum atomic E-state index is 14.1. The topological polar surface area (TPSA) is 126 Å². The van der Waals surface area contributed by atoms with E-state index in [9.17, 15) is 18.0 Å². The van der Waals surface area contributed by atoms with Gasteiger partial charge in [0.25, 0.3) is 0 Å². The van der Waals surface area contributed by atoms with E-state index in [2.05, 4.69) is 4.98 Å². The lowest BCUT2D eigenvalue weighted by Gasteiger charge is -2.26. The molecule has 2 N–H and O–H groups in total. The second-order valence-corrected chi connectivity index (χ2v) is 9.75. The fraction of sp³-hybridized carbons (Fsp3) is 0.174. The lowest BCUT2D eigenvalue weighted by molar-refractivity contribution is -0.123. The van der Waals surface area contributed by atoms with E-state index in [1.807, 2.05) is 0 Å². The summed E-state index contributed by atoms with van der Waals surface area (Å²) in [7, 11) is -3.51. The number of pyridine rings is 1. The number of hydrogen-bond donors (Lipinski definition) is 1. The van der Waals surface area contributed by atoms with Gasteiger partial charge in [0.2, 0.25) is 5.88 Å². The van der Waals surface area contributed by atoms with Gasteiger partial charge in [-0.25, -0.2) is 14.6 Å². The Bertz CT molecular complexity index is 1410. The van der Waals surface area contributed by atoms with E-state index in [1.165, 1.54) is 49.7 Å². The number of aromatic nitrogens is 1. The van der Waals surface area contributed by atoms with Crippen LogP contribution in [0, 0.1) is 0 Å². The number of ether oxygens (including phenoxy) is 2. The van der Waals surface area contributed by atoms with E-state index in [4.69, 9.17) is 26.8 Å². The summed E-state index contributed by atoms with van der Waals surface area (Å²) < 4.78 is 37.3. The number of methoxy groups -OCH3 is 1. The maximum absolute atomic E-state index is 14.1. The first-order valence-electron chi connectivity index (χ1n) is 10.2. The zero-order valence-corrected chi connectivity index (χ0v) is 19.8. The fourth-order valence-electron chi connectivity index (χ4n) is 4.23. The number of rotatable bonds is 6. The fourth-order valence-corrected chi connectivity index (χ4v) is 6.37. The normalized spacial score (nSPS) is 19.5. The predicted molar refractivity (Wildman–Crippen MR) is 125 cm³/mol. The van der Waals surface area contributed by atoms with Gasteiger partial charge in [0, 0.05) is 28.4 Å². The minimum atomic E-state index is -4.80. The lowest BCUT2D eigenvalue weighted by atomic mass is 9.93. The standard InChI is InChI=1S/C23H20ClN3O6S/c1-3-33-21-15(7-6-12-26-21)20-16-13-14(24)10-11-17(16)27(22(20)28,23(25)29)34(30,31)19-9-5-4-8-18(19)32-2/h4-13,20H,3H2,1-2H3,(H-,25,29)/p+1. The molecule has 1 aliphatic heterocycles. The van der Waals surface area contributed by atoms with Crippen molar-refractivity contribution in [2.45, 2.75) is 17.7 Å². The van der Waals surface area contributed by atoms with Gasteiger partial charge in [-0.15, -0.1) is 0 Å². The molecule has 2 heterocycles. The van der Waals surface area contributed by atoms with E-state index < -0.39 is 31.8 Å². The number of quaternary nitrogens is 1. The van der Waals surface area contributed by atoms with E-state index in [0.29, 0.717) is 0 Å². The largest absolute Gasteiger partial charge is 0.495 e. The van der Waals surface area contributed by atoms with Crippen LogP contribution in [0.2, 0.25) is 5.02 Å². The Morgan fingerprint density at radius 1 is 1.15 bits per heavy atom. The number of urea groups is 1. The van der Waals surface area contributed by atoms with Crippen molar-refractivity contribution < 1.29 is 27.5 Å². The van der Waals surface area contributed by atoms with E-state index >= 15 is 0 Å². The van der Waals surface area contributed by atoms with Crippen LogP contribution >= 0.6 is 11.6 Å². The quantitative estimate of drug-likeness (QED) is 0.510. The summed E-state index contributed by atoms with van der Waals surface area (Å²) in [5.41, 5.74) is 6.12. The Balaban J connectivity index is 2.09. The molecule has 0 fully saturated rings. The van der Waals surface area contributed by atoms with Gasteiger partial charge in [-0.3, -0.25) is 0 Å². The highest BCUT2D eigenvalue weighted by Gasteiger charge is 2.67. The molecule has 9 nitrogen and oxygen atoms in total. The van der Waals surface area contributed by atoms with Crippen molar-refractivity contribution in [2.24, 2.45) is 5.73 Å². The van der Waals surface area contributed by atoms with Gasteiger partial charge in [-0.1, -0.05) is 29.8 Å². The molecule has 0 saturated carbocycles. The SMILES string of the molecule is CCOc1ncccc1C1C(=O)[N+](C(N)=O)(S(=O)(=O)c2ccccc2OC)c2ccc(Cl)cc21. The Labute approximate surface area is 201 Å². The number of hydrogen-bond acceptors (Lipinski definition) is 7. The number of sulfonamides is 1. The van der Waals surface area contributed by atoms with Crippen molar-refractivity contribution in [3.05, 3.63) is 76.9 Å². The molecule has 3 amide bonds. The van der Waals surface area contributed by atoms with Crippen LogP contribution in [-0.2, 0) is 14.8 Å². The molecule has 11 heteroatoms. The number of carbonyl (C=O) groups is 2. The predicted octanol–water partition coefficient (Wildman–Crippen LogP) is 3.59. The summed E-state index contributed by atoms with van der Waals surface area (Å²) >= 11 is 6.23. The third-order valence-electron chi connectivity index (χ3n) is 5.61. The molecular weight excluding hydrogens is 482 g/mol. The van der Waals surface area contributed by atoms with Crippen LogP contribution in [0.3, 0.4) is 0 Å². The summed E-state index contributed by atoms with van der Waals surface area (Å²) in [6.07, 6.45) is 1.48. The minimum absolute atomic E-state index is 0.0376. The second-order valence-electron chi connectivity index (χ2n) is 7.38. The van der Waals surface area contributed by atoms with Crippen molar-refractivity contribution in [1.82, 2.24) is 8.87 Å². The van der Waals surface area contributed by atoms with Crippen LogP contribution in [0.1, 0.15) is 24.0 Å². The Hall–Kier alpha value is -3.47. The van der Waals surface area contributed by atoms with Crippen LogP contribution in [-0.4, -0.2) is 39.1 Å². The highest BCUT2D eigenvalue weighted by atomic mass is 35.5. The number of fused-ring (bicyclic) bond motifs is 1. The van der Waals surface area contributed by atoms with Crippen molar-refractivity contribution in [3.8, 4) is 11.6 Å². The van der Waals surface area contributed by atoms with Crippen LogP contribution in [0.25, 0.3) is 0 Å². The molecule has 2 unspecified atom stereocenters. The third-order valence-corrected chi connectivity index (χ3v) is 8.01. The average Bonchev–Trinajstić information content (AvgIpc) is 3.08. The molecule has 0 aliphatic carbocycles. The average molecular weight is 503 g/mol. The Kier molecular flexibility index (Phi) is 6.07. The first-order chi connectivity index (χ1) is 16.2. The van der Waals surface area contributed by atoms with Gasteiger partial charge in [-0.05, 0) is 41.1 Å². The Morgan fingerprint density at radius 2 is 1.88 bits per heavy atom. The van der Waals surface area contributed by atoms with Crippen molar-refractivity contribution in [1.29, 1.82) is 0 Å². The molecule has 3 aromatic rings. The molecule has 0 saturated heterocycles. The maximum Gasteiger partial charge on any atom is 0.442 e. The van der Waals surface area contributed by atoms with Gasteiger partial charge in [-0.2, -0.15) is 8.42 Å².